The second kappa shape index (κ2) is 9.65. The first-order chi connectivity index (χ1) is 18.8. The Kier molecular flexibility index (Phi) is 6.13. The van der Waals surface area contributed by atoms with Crippen molar-refractivity contribution in [1.29, 1.82) is 5.26 Å². The van der Waals surface area contributed by atoms with Crippen molar-refractivity contribution in [3.63, 3.8) is 0 Å². The zero-order valence-corrected chi connectivity index (χ0v) is 21.5. The highest BCUT2D eigenvalue weighted by Crippen LogP contribution is 2.32. The van der Waals surface area contributed by atoms with Gasteiger partial charge in [-0.15, -0.1) is 0 Å². The fourth-order valence-corrected chi connectivity index (χ4v) is 5.34. The molecule has 4 aromatic rings. The number of hydrogen-bond donors (Lipinski definition) is 0. The van der Waals surface area contributed by atoms with Crippen molar-refractivity contribution >= 4 is 17.4 Å². The molecule has 2 amide bonds. The quantitative estimate of drug-likeness (QED) is 0.400. The van der Waals surface area contributed by atoms with Gasteiger partial charge in [-0.25, -0.2) is 23.1 Å². The molecule has 0 saturated carbocycles. The third-order valence-corrected chi connectivity index (χ3v) is 7.37. The highest BCUT2D eigenvalue weighted by atomic mass is 19.3. The Balaban J connectivity index is 1.20. The molecule has 0 N–H and O–H groups in total. The zero-order chi connectivity index (χ0) is 27.1. The van der Waals surface area contributed by atoms with Crippen molar-refractivity contribution in [3.05, 3.63) is 54.7 Å². The summed E-state index contributed by atoms with van der Waals surface area (Å²) in [4.78, 5) is 22.5. The third-order valence-electron chi connectivity index (χ3n) is 7.37. The fraction of sp³-hybridized carbons (Fsp3) is 0.370. The Morgan fingerprint density at radius 1 is 0.974 bits per heavy atom. The summed E-state index contributed by atoms with van der Waals surface area (Å²) < 4.78 is 31.0. The van der Waals surface area contributed by atoms with Crippen LogP contribution in [0.25, 0.3) is 27.8 Å². The van der Waals surface area contributed by atoms with Gasteiger partial charge in [-0.1, -0.05) is 0 Å². The monoisotopic (exact) mass is 531 g/mol. The predicted octanol–water partition coefficient (Wildman–Crippen LogP) is 3.64. The highest BCUT2D eigenvalue weighted by Gasteiger charge is 2.38. The number of carbonyl (C=O) groups is 1. The van der Waals surface area contributed by atoms with E-state index in [-0.39, 0.29) is 12.5 Å². The molecule has 12 heteroatoms. The molecule has 0 radical (unpaired) electrons. The maximum absolute atomic E-state index is 13.8. The van der Waals surface area contributed by atoms with Crippen LogP contribution in [0.2, 0.25) is 0 Å². The number of urea groups is 1. The van der Waals surface area contributed by atoms with Crippen LogP contribution in [-0.4, -0.2) is 85.4 Å². The minimum absolute atomic E-state index is 0.162. The molecule has 0 aliphatic carbocycles. The van der Waals surface area contributed by atoms with E-state index in [2.05, 4.69) is 21.2 Å². The van der Waals surface area contributed by atoms with Crippen molar-refractivity contribution < 1.29 is 13.6 Å². The highest BCUT2D eigenvalue weighted by molar-refractivity contribution is 5.87. The van der Waals surface area contributed by atoms with Gasteiger partial charge in [0.25, 0.3) is 5.92 Å². The minimum atomic E-state index is -2.81. The first-order valence-electron chi connectivity index (χ1n) is 12.8. The van der Waals surface area contributed by atoms with Crippen LogP contribution in [0.1, 0.15) is 18.4 Å². The molecule has 0 aromatic carbocycles. The van der Waals surface area contributed by atoms with Crippen molar-refractivity contribution in [1.82, 2.24) is 34.2 Å². The number of alkyl halides is 2. The summed E-state index contributed by atoms with van der Waals surface area (Å²) in [6.07, 6.45) is 9.07. The van der Waals surface area contributed by atoms with Gasteiger partial charge in [-0.05, 0) is 24.6 Å². The fourth-order valence-electron chi connectivity index (χ4n) is 5.34. The Bertz CT molecular complexity index is 1560. The lowest BCUT2D eigenvalue weighted by Gasteiger charge is -2.40. The number of nitriles is 1. The Morgan fingerprint density at radius 2 is 1.79 bits per heavy atom. The lowest BCUT2D eigenvalue weighted by Crippen LogP contribution is -2.56. The Morgan fingerprint density at radius 3 is 2.46 bits per heavy atom. The molecule has 2 saturated heterocycles. The number of carbonyl (C=O) groups excluding carboxylic acids is 1. The van der Waals surface area contributed by atoms with Gasteiger partial charge >= 0.3 is 6.03 Å². The van der Waals surface area contributed by atoms with E-state index >= 15 is 0 Å². The van der Waals surface area contributed by atoms with Crippen LogP contribution in [0.4, 0.5) is 19.4 Å². The second-order valence-electron chi connectivity index (χ2n) is 10.1. The van der Waals surface area contributed by atoms with Gasteiger partial charge in [0.1, 0.15) is 11.9 Å². The molecule has 0 unspecified atom stereocenters. The smallest absolute Gasteiger partial charge is 0.320 e. The van der Waals surface area contributed by atoms with Gasteiger partial charge in [-0.3, -0.25) is 4.68 Å². The lowest BCUT2D eigenvalue weighted by atomic mass is 10.0. The number of halogens is 2. The van der Waals surface area contributed by atoms with Crippen molar-refractivity contribution in [2.24, 2.45) is 7.05 Å². The van der Waals surface area contributed by atoms with Gasteiger partial charge in [0, 0.05) is 87.0 Å². The average Bonchev–Trinajstić information content (AvgIpc) is 3.58. The molecule has 0 atom stereocenters. The predicted molar refractivity (Wildman–Crippen MR) is 140 cm³/mol. The number of hydrogen-bond acceptors (Lipinski definition) is 6. The van der Waals surface area contributed by atoms with Crippen LogP contribution in [-0.2, 0) is 7.05 Å². The summed E-state index contributed by atoms with van der Waals surface area (Å²) >= 11 is 0. The van der Waals surface area contributed by atoms with Crippen LogP contribution in [0.15, 0.2) is 49.2 Å². The van der Waals surface area contributed by atoms with E-state index in [4.69, 9.17) is 4.98 Å². The molecule has 2 aliphatic rings. The lowest BCUT2D eigenvalue weighted by molar-refractivity contribution is -0.0556. The molecule has 6 heterocycles. The number of anilines is 1. The number of piperidine rings is 1. The summed E-state index contributed by atoms with van der Waals surface area (Å²) in [6, 6.07) is 7.81. The summed E-state index contributed by atoms with van der Waals surface area (Å²) in [5.41, 5.74) is 4.69. The van der Waals surface area contributed by atoms with Crippen LogP contribution in [0.3, 0.4) is 0 Å². The first kappa shape index (κ1) is 24.8. The molecule has 2 aliphatic heterocycles. The normalized spacial score (nSPS) is 17.4. The van der Waals surface area contributed by atoms with Gasteiger partial charge in [0.05, 0.1) is 30.0 Å². The number of rotatable bonds is 3. The van der Waals surface area contributed by atoms with E-state index in [9.17, 15) is 18.8 Å². The molecule has 39 heavy (non-hydrogen) atoms. The average molecular weight is 532 g/mol. The van der Waals surface area contributed by atoms with Gasteiger partial charge in [0.15, 0.2) is 0 Å². The van der Waals surface area contributed by atoms with Crippen molar-refractivity contribution in [2.45, 2.75) is 18.8 Å². The number of aryl methyl sites for hydroxylation is 1. The van der Waals surface area contributed by atoms with Crippen LogP contribution in [0, 0.1) is 11.3 Å². The van der Waals surface area contributed by atoms with Crippen LogP contribution >= 0.6 is 0 Å². The summed E-state index contributed by atoms with van der Waals surface area (Å²) in [7, 11) is 1.86. The van der Waals surface area contributed by atoms with Crippen LogP contribution < -0.4 is 4.90 Å². The van der Waals surface area contributed by atoms with Gasteiger partial charge in [-0.2, -0.15) is 15.5 Å². The molecule has 4 aromatic heterocycles. The van der Waals surface area contributed by atoms with Gasteiger partial charge in [0.2, 0.25) is 0 Å². The SMILES string of the molecule is Cn1cc(-c2cc(-c3ccc(N4CCN(C(=O)N5CCCC(F)(F)C5)CC4)nc3)c3c(C#N)cnn3c2)cn1. The summed E-state index contributed by atoms with van der Waals surface area (Å²) in [5.74, 6) is -2.04. The number of fused-ring (bicyclic) bond motifs is 1. The van der Waals surface area contributed by atoms with Crippen molar-refractivity contribution in [2.75, 3.05) is 44.2 Å². The molecule has 6 rings (SSSR count). The number of aromatic nitrogens is 5. The van der Waals surface area contributed by atoms with Crippen LogP contribution in [0.5, 0.6) is 0 Å². The summed E-state index contributed by atoms with van der Waals surface area (Å²) in [5, 5.41) is 18.3. The molecule has 200 valence electrons. The second-order valence-corrected chi connectivity index (χ2v) is 10.1. The largest absolute Gasteiger partial charge is 0.353 e. The maximum Gasteiger partial charge on any atom is 0.320 e. The molecule has 10 nitrogen and oxygen atoms in total. The number of nitrogens with zero attached hydrogens (tertiary/aromatic N) is 9. The van der Waals surface area contributed by atoms with E-state index in [1.165, 1.54) is 4.90 Å². The number of amides is 2. The minimum Gasteiger partial charge on any atom is -0.353 e. The standard InChI is InChI=1S/C27H27F2N9O/c1-34-16-22(15-32-34)20-11-23(25-21(12-30)14-33-38(25)17-20)19-3-4-24(31-13-19)35-7-9-36(10-8-35)26(39)37-6-2-5-27(28,29)18-37/h3-4,11,13-17H,2,5-10,18H2,1H3. The Hall–Kier alpha value is -4.53. The van der Waals surface area contributed by atoms with E-state index in [1.807, 2.05) is 37.6 Å². The molecular formula is C27H27F2N9O. The molecule has 0 spiro atoms. The maximum atomic E-state index is 13.8. The van der Waals surface area contributed by atoms with E-state index in [0.717, 1.165) is 28.1 Å². The molecular weight excluding hydrogens is 504 g/mol. The number of pyridine rings is 2. The zero-order valence-electron chi connectivity index (χ0n) is 21.5. The van der Waals surface area contributed by atoms with E-state index in [0.29, 0.717) is 50.2 Å². The van der Waals surface area contributed by atoms with E-state index < -0.39 is 12.5 Å². The van der Waals surface area contributed by atoms with Gasteiger partial charge < -0.3 is 14.7 Å². The van der Waals surface area contributed by atoms with Crippen molar-refractivity contribution in [3.8, 4) is 28.3 Å². The first-order valence-corrected chi connectivity index (χ1v) is 12.8. The topological polar surface area (TPSA) is 98.6 Å². The van der Waals surface area contributed by atoms with E-state index in [1.54, 1.807) is 32.7 Å². The molecule has 0 bridgehead atoms. The Labute approximate surface area is 223 Å². The number of piperazine rings is 1. The number of likely N-dealkylation sites (tertiary alicyclic amines) is 1. The third kappa shape index (κ3) is 4.76. The summed E-state index contributed by atoms with van der Waals surface area (Å²) in [6.45, 7) is 1.88. The molecule has 2 fully saturated rings.